The van der Waals surface area contributed by atoms with Crippen LogP contribution in [0.3, 0.4) is 0 Å². The molecule has 1 aliphatic heterocycles. The normalized spacial score (nSPS) is 13.8. The standard InChI is InChI=1S/C15H8BrClFNO2/c16-9-1-4-13-11(6-9)14(20)15(21)19(13)7-8-5-10(17)2-3-12(8)18/h1-6H,7H2. The molecule has 0 bridgehead atoms. The summed E-state index contributed by atoms with van der Waals surface area (Å²) in [5.74, 6) is -1.72. The average molecular weight is 369 g/mol. The second-order valence-electron chi connectivity index (χ2n) is 4.62. The molecule has 0 aliphatic carbocycles. The number of amides is 1. The molecule has 2 aromatic rings. The van der Waals surface area contributed by atoms with Gasteiger partial charge in [-0.25, -0.2) is 4.39 Å². The molecular formula is C15H8BrClFNO2. The van der Waals surface area contributed by atoms with Gasteiger partial charge in [0, 0.05) is 15.1 Å². The molecule has 6 heteroatoms. The van der Waals surface area contributed by atoms with Gasteiger partial charge in [-0.15, -0.1) is 0 Å². The van der Waals surface area contributed by atoms with E-state index in [1.54, 1.807) is 18.2 Å². The summed E-state index contributed by atoms with van der Waals surface area (Å²) in [6.07, 6.45) is 0. The Morgan fingerprint density at radius 3 is 2.67 bits per heavy atom. The summed E-state index contributed by atoms with van der Waals surface area (Å²) in [6.45, 7) is -0.0361. The maximum atomic E-state index is 13.8. The lowest BCUT2D eigenvalue weighted by Crippen LogP contribution is -2.29. The van der Waals surface area contributed by atoms with Gasteiger partial charge in [0.05, 0.1) is 17.8 Å². The lowest BCUT2D eigenvalue weighted by atomic mass is 10.1. The Morgan fingerprint density at radius 1 is 1.14 bits per heavy atom. The fourth-order valence-corrected chi connectivity index (χ4v) is 2.82. The number of nitrogens with zero attached hydrogens (tertiary/aromatic N) is 1. The van der Waals surface area contributed by atoms with Gasteiger partial charge in [0.15, 0.2) is 0 Å². The molecule has 106 valence electrons. The van der Waals surface area contributed by atoms with Crippen molar-refractivity contribution in [3.05, 3.63) is 62.8 Å². The first kappa shape index (κ1) is 14.2. The van der Waals surface area contributed by atoms with Crippen molar-refractivity contribution in [2.45, 2.75) is 6.54 Å². The summed E-state index contributed by atoms with van der Waals surface area (Å²) < 4.78 is 14.5. The van der Waals surface area contributed by atoms with E-state index in [1.807, 2.05) is 0 Å². The Labute approximate surface area is 133 Å². The zero-order chi connectivity index (χ0) is 15.1. The zero-order valence-electron chi connectivity index (χ0n) is 10.6. The highest BCUT2D eigenvalue weighted by atomic mass is 79.9. The summed E-state index contributed by atoms with van der Waals surface area (Å²) in [4.78, 5) is 25.3. The molecule has 1 aliphatic rings. The van der Waals surface area contributed by atoms with Crippen molar-refractivity contribution >= 4 is 44.9 Å². The van der Waals surface area contributed by atoms with Crippen molar-refractivity contribution in [3.63, 3.8) is 0 Å². The van der Waals surface area contributed by atoms with Gasteiger partial charge in [-0.2, -0.15) is 0 Å². The molecule has 3 nitrogen and oxygen atoms in total. The van der Waals surface area contributed by atoms with Crippen LogP contribution in [0.15, 0.2) is 40.9 Å². The number of ketones is 1. The molecule has 0 saturated heterocycles. The number of hydrogen-bond donors (Lipinski definition) is 0. The van der Waals surface area contributed by atoms with Crippen molar-refractivity contribution in [3.8, 4) is 0 Å². The van der Waals surface area contributed by atoms with Crippen molar-refractivity contribution in [2.75, 3.05) is 4.90 Å². The maximum absolute atomic E-state index is 13.8. The topological polar surface area (TPSA) is 37.4 Å². The third kappa shape index (κ3) is 2.47. The van der Waals surface area contributed by atoms with Crippen LogP contribution in [0.25, 0.3) is 0 Å². The Balaban J connectivity index is 2.02. The summed E-state index contributed by atoms with van der Waals surface area (Å²) >= 11 is 9.11. The predicted octanol–water partition coefficient (Wildman–Crippen LogP) is 3.97. The SMILES string of the molecule is O=C1C(=O)N(Cc2cc(Cl)ccc2F)c2ccc(Br)cc21. The van der Waals surface area contributed by atoms with Crippen molar-refractivity contribution in [1.82, 2.24) is 0 Å². The van der Waals surface area contributed by atoms with Crippen LogP contribution in [0.4, 0.5) is 10.1 Å². The summed E-state index contributed by atoms with van der Waals surface area (Å²) in [5, 5.41) is 0.375. The summed E-state index contributed by atoms with van der Waals surface area (Å²) in [5.41, 5.74) is 1.06. The molecule has 0 atom stereocenters. The molecule has 0 radical (unpaired) electrons. The lowest BCUT2D eigenvalue weighted by molar-refractivity contribution is -0.114. The molecule has 0 aromatic heterocycles. The molecule has 21 heavy (non-hydrogen) atoms. The quantitative estimate of drug-likeness (QED) is 0.752. The van der Waals surface area contributed by atoms with E-state index >= 15 is 0 Å². The van der Waals surface area contributed by atoms with Gasteiger partial charge in [-0.05, 0) is 36.4 Å². The molecule has 0 unspecified atom stereocenters. The number of anilines is 1. The Hall–Kier alpha value is -1.72. The van der Waals surface area contributed by atoms with Crippen molar-refractivity contribution in [2.24, 2.45) is 0 Å². The van der Waals surface area contributed by atoms with Gasteiger partial charge >= 0.3 is 0 Å². The molecule has 1 heterocycles. The number of carbonyl (C=O) groups is 2. The predicted molar refractivity (Wildman–Crippen MR) is 81.1 cm³/mol. The first-order chi connectivity index (χ1) is 9.97. The van der Waals surface area contributed by atoms with Crippen molar-refractivity contribution < 1.29 is 14.0 Å². The van der Waals surface area contributed by atoms with Crippen LogP contribution in [-0.2, 0) is 11.3 Å². The summed E-state index contributed by atoms with van der Waals surface area (Å²) in [7, 11) is 0. The number of halogens is 3. The molecule has 1 amide bonds. The third-order valence-corrected chi connectivity index (χ3v) is 4.00. The molecule has 0 N–H and O–H groups in total. The number of carbonyl (C=O) groups excluding carboxylic acids is 2. The van der Waals surface area contributed by atoms with Gasteiger partial charge in [0.1, 0.15) is 5.82 Å². The highest BCUT2D eigenvalue weighted by Gasteiger charge is 2.36. The van der Waals surface area contributed by atoms with Crippen LogP contribution in [0, 0.1) is 5.82 Å². The van der Waals surface area contributed by atoms with E-state index in [0.717, 1.165) is 0 Å². The number of rotatable bonds is 2. The average Bonchev–Trinajstić information content (AvgIpc) is 2.68. The smallest absolute Gasteiger partial charge is 0.299 e. The monoisotopic (exact) mass is 367 g/mol. The highest BCUT2D eigenvalue weighted by Crippen LogP contribution is 2.33. The van der Waals surface area contributed by atoms with Gasteiger partial charge in [-0.1, -0.05) is 27.5 Å². The van der Waals surface area contributed by atoms with E-state index in [9.17, 15) is 14.0 Å². The van der Waals surface area contributed by atoms with Crippen LogP contribution < -0.4 is 4.90 Å². The van der Waals surface area contributed by atoms with Crippen LogP contribution in [-0.4, -0.2) is 11.7 Å². The third-order valence-electron chi connectivity index (χ3n) is 3.27. The van der Waals surface area contributed by atoms with Gasteiger partial charge in [0.2, 0.25) is 0 Å². The second kappa shape index (κ2) is 5.24. The second-order valence-corrected chi connectivity index (χ2v) is 5.97. The van der Waals surface area contributed by atoms with E-state index < -0.39 is 17.5 Å². The van der Waals surface area contributed by atoms with E-state index in [1.165, 1.54) is 23.1 Å². The fraction of sp³-hybridized carbons (Fsp3) is 0.0667. The van der Waals surface area contributed by atoms with E-state index in [2.05, 4.69) is 15.9 Å². The number of Topliss-reactive ketones (excluding diaryl/α,β-unsaturated/α-hetero) is 1. The number of hydrogen-bond acceptors (Lipinski definition) is 2. The minimum atomic E-state index is -0.664. The summed E-state index contributed by atoms with van der Waals surface area (Å²) in [6, 6.07) is 9.09. The maximum Gasteiger partial charge on any atom is 0.299 e. The van der Waals surface area contributed by atoms with E-state index in [0.29, 0.717) is 20.7 Å². The fourth-order valence-electron chi connectivity index (χ4n) is 2.26. The van der Waals surface area contributed by atoms with E-state index in [4.69, 9.17) is 11.6 Å². The van der Waals surface area contributed by atoms with Crippen LogP contribution >= 0.6 is 27.5 Å². The molecule has 0 fully saturated rings. The van der Waals surface area contributed by atoms with Gasteiger partial charge in [0.25, 0.3) is 11.7 Å². The van der Waals surface area contributed by atoms with Gasteiger partial charge < -0.3 is 4.90 Å². The first-order valence-electron chi connectivity index (χ1n) is 6.07. The van der Waals surface area contributed by atoms with Crippen LogP contribution in [0.5, 0.6) is 0 Å². The Morgan fingerprint density at radius 2 is 1.90 bits per heavy atom. The molecule has 0 saturated carbocycles. The molecular weight excluding hydrogens is 361 g/mol. The number of benzene rings is 2. The Kier molecular flexibility index (Phi) is 3.55. The van der Waals surface area contributed by atoms with Gasteiger partial charge in [-0.3, -0.25) is 9.59 Å². The Bertz CT molecular complexity index is 778. The lowest BCUT2D eigenvalue weighted by Gasteiger charge is -2.17. The van der Waals surface area contributed by atoms with Crippen molar-refractivity contribution in [1.29, 1.82) is 0 Å². The molecule has 0 spiro atoms. The van der Waals surface area contributed by atoms with Crippen LogP contribution in [0.2, 0.25) is 5.02 Å². The zero-order valence-corrected chi connectivity index (χ0v) is 12.9. The molecule has 3 rings (SSSR count). The number of fused-ring (bicyclic) bond motifs is 1. The molecule has 2 aromatic carbocycles. The highest BCUT2D eigenvalue weighted by molar-refractivity contribution is 9.10. The van der Waals surface area contributed by atoms with E-state index in [-0.39, 0.29) is 12.1 Å². The largest absolute Gasteiger partial charge is 0.300 e. The van der Waals surface area contributed by atoms with Crippen LogP contribution in [0.1, 0.15) is 15.9 Å². The first-order valence-corrected chi connectivity index (χ1v) is 7.24. The minimum Gasteiger partial charge on any atom is -0.300 e. The minimum absolute atomic E-state index is 0.0361.